The van der Waals surface area contributed by atoms with Gasteiger partial charge in [0, 0.05) is 26.9 Å². The van der Waals surface area contributed by atoms with Crippen molar-refractivity contribution in [1.82, 2.24) is 4.57 Å². The first-order valence-corrected chi connectivity index (χ1v) is 11.5. The molecular weight excluding hydrogens is 451 g/mol. The van der Waals surface area contributed by atoms with E-state index in [0.29, 0.717) is 26.7 Å². The summed E-state index contributed by atoms with van der Waals surface area (Å²) in [5, 5.41) is 21.4. The van der Waals surface area contributed by atoms with E-state index in [-0.39, 0.29) is 0 Å². The first-order chi connectivity index (χ1) is 14.8. The van der Waals surface area contributed by atoms with Gasteiger partial charge in [0.05, 0.1) is 22.2 Å². The van der Waals surface area contributed by atoms with Gasteiger partial charge in [-0.1, -0.05) is 29.3 Å². The number of carboxylic acids is 1. The van der Waals surface area contributed by atoms with E-state index in [4.69, 9.17) is 23.2 Å². The lowest BCUT2D eigenvalue weighted by Crippen LogP contribution is -2.09. The van der Waals surface area contributed by atoms with Crippen LogP contribution in [-0.4, -0.2) is 15.6 Å². The Balaban J connectivity index is 1.86. The molecule has 0 bridgehead atoms. The highest BCUT2D eigenvalue weighted by Gasteiger charge is 2.27. The van der Waals surface area contributed by atoms with Gasteiger partial charge in [0.15, 0.2) is 0 Å². The number of rotatable bonds is 4. The molecule has 158 valence electrons. The summed E-state index contributed by atoms with van der Waals surface area (Å²) in [6.07, 6.45) is 5.65. The number of halogens is 2. The smallest absolute Gasteiger partial charge is 0.339 e. The van der Waals surface area contributed by atoms with Crippen molar-refractivity contribution in [3.8, 4) is 11.1 Å². The summed E-state index contributed by atoms with van der Waals surface area (Å²) in [6, 6.07) is 9.24. The van der Waals surface area contributed by atoms with Crippen molar-refractivity contribution < 1.29 is 9.90 Å². The molecule has 4 nitrogen and oxygen atoms in total. The van der Waals surface area contributed by atoms with Crippen LogP contribution in [0, 0.1) is 25.2 Å². The molecule has 2 heterocycles. The van der Waals surface area contributed by atoms with Gasteiger partial charge in [-0.25, -0.2) is 4.79 Å². The van der Waals surface area contributed by atoms with Gasteiger partial charge in [0.25, 0.3) is 0 Å². The molecule has 7 heteroatoms. The number of aromatic nitrogens is 1. The van der Waals surface area contributed by atoms with Gasteiger partial charge in [-0.15, -0.1) is 11.3 Å². The molecule has 0 spiro atoms. The Bertz CT molecular complexity index is 1280. The van der Waals surface area contributed by atoms with Gasteiger partial charge in [-0.05, 0) is 74.9 Å². The van der Waals surface area contributed by atoms with Crippen LogP contribution in [0.25, 0.3) is 16.7 Å². The van der Waals surface area contributed by atoms with Crippen molar-refractivity contribution >= 4 is 52.2 Å². The Morgan fingerprint density at radius 2 is 1.97 bits per heavy atom. The summed E-state index contributed by atoms with van der Waals surface area (Å²) in [7, 11) is 0. The number of benzene rings is 1. The Kier molecular flexibility index (Phi) is 5.98. The molecule has 1 aliphatic carbocycles. The highest BCUT2D eigenvalue weighted by Crippen LogP contribution is 2.39. The van der Waals surface area contributed by atoms with Crippen molar-refractivity contribution in [2.75, 3.05) is 0 Å². The fourth-order valence-electron chi connectivity index (χ4n) is 4.21. The zero-order chi connectivity index (χ0) is 22.3. The molecule has 0 unspecified atom stereocenters. The number of hydrogen-bond acceptors (Lipinski definition) is 3. The topological polar surface area (TPSA) is 66.0 Å². The molecule has 0 aliphatic heterocycles. The molecule has 3 aromatic rings. The van der Waals surface area contributed by atoms with Crippen molar-refractivity contribution in [2.45, 2.75) is 39.5 Å². The molecule has 1 aromatic carbocycles. The van der Waals surface area contributed by atoms with Crippen LogP contribution in [0.5, 0.6) is 0 Å². The largest absolute Gasteiger partial charge is 0.478 e. The summed E-state index contributed by atoms with van der Waals surface area (Å²) in [4.78, 5) is 13.3. The number of hydrogen-bond donors (Lipinski definition) is 1. The Hall–Kier alpha value is -2.52. The zero-order valence-corrected chi connectivity index (χ0v) is 19.5. The number of nitriles is 1. The number of fused-ring (bicyclic) bond motifs is 1. The van der Waals surface area contributed by atoms with Crippen LogP contribution in [0.1, 0.15) is 56.2 Å². The van der Waals surface area contributed by atoms with Crippen molar-refractivity contribution in [3.63, 3.8) is 0 Å². The molecule has 1 aliphatic rings. The highest BCUT2D eigenvalue weighted by atomic mass is 35.5. The van der Waals surface area contributed by atoms with Gasteiger partial charge in [-0.2, -0.15) is 5.26 Å². The molecule has 1 N–H and O–H groups in total. The SMILES string of the molecule is Cc1cc(C=C(C#N)c2ccc(Cl)cc2Cl)c(C)n1-c1sc2c(c1C(=O)O)CCCC2. The van der Waals surface area contributed by atoms with Crippen molar-refractivity contribution in [2.24, 2.45) is 0 Å². The maximum atomic E-state index is 12.1. The summed E-state index contributed by atoms with van der Waals surface area (Å²) < 4.78 is 2.00. The van der Waals surface area contributed by atoms with Crippen LogP contribution in [0.15, 0.2) is 24.3 Å². The third kappa shape index (κ3) is 3.92. The number of allylic oxidation sites excluding steroid dienone is 1. The van der Waals surface area contributed by atoms with E-state index in [2.05, 4.69) is 6.07 Å². The van der Waals surface area contributed by atoms with Gasteiger partial charge >= 0.3 is 5.97 Å². The predicted molar refractivity (Wildman–Crippen MR) is 127 cm³/mol. The number of carbonyl (C=O) groups is 1. The molecule has 0 amide bonds. The Morgan fingerprint density at radius 3 is 2.65 bits per heavy atom. The van der Waals surface area contributed by atoms with E-state index >= 15 is 0 Å². The summed E-state index contributed by atoms with van der Waals surface area (Å²) in [5.74, 6) is -0.885. The molecule has 0 atom stereocenters. The number of carboxylic acid groups (broad SMARTS) is 1. The molecule has 0 radical (unpaired) electrons. The monoisotopic (exact) mass is 470 g/mol. The van der Waals surface area contributed by atoms with Crippen LogP contribution < -0.4 is 0 Å². The van der Waals surface area contributed by atoms with E-state index in [1.165, 1.54) is 4.88 Å². The molecule has 0 saturated carbocycles. The highest BCUT2D eigenvalue weighted by molar-refractivity contribution is 7.15. The van der Waals surface area contributed by atoms with E-state index in [0.717, 1.165) is 53.2 Å². The predicted octanol–water partition coefficient (Wildman–Crippen LogP) is 7.10. The van der Waals surface area contributed by atoms with Crippen LogP contribution in [0.2, 0.25) is 10.0 Å². The third-order valence-electron chi connectivity index (χ3n) is 5.68. The minimum Gasteiger partial charge on any atom is -0.478 e. The molecular formula is C24H20Cl2N2O2S. The summed E-state index contributed by atoms with van der Waals surface area (Å²) >= 11 is 13.9. The second-order valence-corrected chi connectivity index (χ2v) is 9.58. The lowest BCUT2D eigenvalue weighted by atomic mass is 9.95. The first-order valence-electron chi connectivity index (χ1n) is 9.96. The number of nitrogens with zero attached hydrogens (tertiary/aromatic N) is 2. The minimum absolute atomic E-state index is 0.410. The van der Waals surface area contributed by atoms with Gasteiger partial charge in [-0.3, -0.25) is 0 Å². The second kappa shape index (κ2) is 8.55. The molecule has 0 fully saturated rings. The average Bonchev–Trinajstić information content (AvgIpc) is 3.23. The van der Waals surface area contributed by atoms with E-state index in [1.54, 1.807) is 35.6 Å². The standard InChI is InChI=1S/C24H20Cl2N2O2S/c1-13-9-15(10-16(12-27)18-8-7-17(25)11-20(18)26)14(2)28(13)23-22(24(29)30)19-5-3-4-6-21(19)31-23/h7-11H,3-6H2,1-2H3,(H,29,30). The van der Waals surface area contributed by atoms with E-state index in [1.807, 2.05) is 24.5 Å². The number of thiophene rings is 1. The Morgan fingerprint density at radius 1 is 1.23 bits per heavy atom. The van der Waals surface area contributed by atoms with Crippen molar-refractivity contribution in [1.29, 1.82) is 5.26 Å². The number of aromatic carboxylic acids is 1. The van der Waals surface area contributed by atoms with E-state index in [9.17, 15) is 15.2 Å². The first kappa shape index (κ1) is 21.7. The molecule has 0 saturated heterocycles. The van der Waals surface area contributed by atoms with Gasteiger partial charge < -0.3 is 9.67 Å². The van der Waals surface area contributed by atoms with Gasteiger partial charge in [0.1, 0.15) is 5.00 Å². The average molecular weight is 471 g/mol. The van der Waals surface area contributed by atoms with E-state index < -0.39 is 5.97 Å². The fourth-order valence-corrected chi connectivity index (χ4v) is 6.21. The van der Waals surface area contributed by atoms with Crippen LogP contribution in [-0.2, 0) is 12.8 Å². The zero-order valence-electron chi connectivity index (χ0n) is 17.1. The second-order valence-electron chi connectivity index (χ2n) is 7.65. The molecule has 2 aromatic heterocycles. The maximum absolute atomic E-state index is 12.1. The lowest BCUT2D eigenvalue weighted by molar-refractivity contribution is 0.0696. The summed E-state index contributed by atoms with van der Waals surface area (Å²) in [5.41, 5.74) is 5.08. The normalized spacial score (nSPS) is 13.7. The molecule has 4 rings (SSSR count). The van der Waals surface area contributed by atoms with Crippen molar-refractivity contribution in [3.05, 3.63) is 72.8 Å². The minimum atomic E-state index is -0.885. The maximum Gasteiger partial charge on any atom is 0.339 e. The quantitative estimate of drug-likeness (QED) is 0.413. The van der Waals surface area contributed by atoms with Crippen LogP contribution >= 0.6 is 34.5 Å². The van der Waals surface area contributed by atoms with Gasteiger partial charge in [0.2, 0.25) is 0 Å². The molecule has 31 heavy (non-hydrogen) atoms. The van der Waals surface area contributed by atoms with Crippen LogP contribution in [0.4, 0.5) is 0 Å². The third-order valence-corrected chi connectivity index (χ3v) is 7.51. The summed E-state index contributed by atoms with van der Waals surface area (Å²) in [6.45, 7) is 3.90. The Labute approximate surface area is 195 Å². The fraction of sp³-hybridized carbons (Fsp3) is 0.250. The van der Waals surface area contributed by atoms with Crippen LogP contribution in [0.3, 0.4) is 0 Å². The number of aryl methyl sites for hydroxylation is 2. The lowest BCUT2D eigenvalue weighted by Gasteiger charge is -2.11.